The smallest absolute Gasteiger partial charge is 0.295 e. The summed E-state index contributed by atoms with van der Waals surface area (Å²) in [6, 6.07) is 17.0. The van der Waals surface area contributed by atoms with Crippen LogP contribution in [0.3, 0.4) is 0 Å². The van der Waals surface area contributed by atoms with E-state index in [2.05, 4.69) is 15.5 Å². The van der Waals surface area contributed by atoms with E-state index >= 15 is 0 Å². The minimum Gasteiger partial charge on any atom is -0.421 e. The van der Waals surface area contributed by atoms with Gasteiger partial charge in [-0.25, -0.2) is 4.68 Å². The Balaban J connectivity index is 1.44. The van der Waals surface area contributed by atoms with Gasteiger partial charge in [0.25, 0.3) is 5.56 Å². The SMILES string of the molecule is Cc1ccc(-c2nnc(CCC(=O)Nc3c(C)n(C)n(-c4ccccc4)c3=O)o2)cc1. The van der Waals surface area contributed by atoms with E-state index in [1.165, 1.54) is 4.68 Å². The molecule has 0 radical (unpaired) electrons. The highest BCUT2D eigenvalue weighted by atomic mass is 16.4. The van der Waals surface area contributed by atoms with Crippen LogP contribution in [0.1, 0.15) is 23.6 Å². The fraction of sp³-hybridized carbons (Fsp3) is 0.217. The number of hydrogen-bond acceptors (Lipinski definition) is 5. The minimum absolute atomic E-state index is 0.120. The van der Waals surface area contributed by atoms with E-state index in [1.54, 1.807) is 18.7 Å². The second-order valence-corrected chi connectivity index (χ2v) is 7.35. The van der Waals surface area contributed by atoms with Crippen LogP contribution in [0.5, 0.6) is 0 Å². The molecular weight excluding hydrogens is 394 g/mol. The van der Waals surface area contributed by atoms with Gasteiger partial charge in [0.05, 0.1) is 11.4 Å². The van der Waals surface area contributed by atoms with E-state index in [4.69, 9.17) is 4.42 Å². The van der Waals surface area contributed by atoms with Crippen LogP contribution in [0.2, 0.25) is 0 Å². The zero-order chi connectivity index (χ0) is 22.0. The molecule has 1 amide bonds. The van der Waals surface area contributed by atoms with E-state index < -0.39 is 0 Å². The van der Waals surface area contributed by atoms with Gasteiger partial charge >= 0.3 is 0 Å². The molecule has 0 saturated carbocycles. The second-order valence-electron chi connectivity index (χ2n) is 7.35. The number of carbonyl (C=O) groups is 1. The van der Waals surface area contributed by atoms with Crippen molar-refractivity contribution in [1.82, 2.24) is 19.6 Å². The van der Waals surface area contributed by atoms with Gasteiger partial charge in [-0.15, -0.1) is 10.2 Å². The number of nitrogens with one attached hydrogen (secondary N) is 1. The third-order valence-electron chi connectivity index (χ3n) is 5.15. The fourth-order valence-corrected chi connectivity index (χ4v) is 3.30. The Kier molecular flexibility index (Phi) is 5.53. The Bertz CT molecular complexity index is 1270. The maximum absolute atomic E-state index is 12.9. The number of amides is 1. The largest absolute Gasteiger partial charge is 0.421 e. The van der Waals surface area contributed by atoms with E-state index in [1.807, 2.05) is 61.5 Å². The van der Waals surface area contributed by atoms with Crippen molar-refractivity contribution < 1.29 is 9.21 Å². The van der Waals surface area contributed by atoms with Crippen LogP contribution in [0.4, 0.5) is 5.69 Å². The topological polar surface area (TPSA) is 95.0 Å². The summed E-state index contributed by atoms with van der Waals surface area (Å²) in [6.07, 6.45) is 0.401. The molecule has 2 aromatic carbocycles. The highest BCUT2D eigenvalue weighted by molar-refractivity contribution is 5.91. The number of nitrogens with zero attached hydrogens (tertiary/aromatic N) is 4. The Hall–Kier alpha value is -3.94. The number of anilines is 1. The van der Waals surface area contributed by atoms with E-state index in [9.17, 15) is 9.59 Å². The molecule has 1 N–H and O–H groups in total. The summed E-state index contributed by atoms with van der Waals surface area (Å²) in [5.41, 5.74) is 3.36. The monoisotopic (exact) mass is 417 g/mol. The van der Waals surface area contributed by atoms with Gasteiger partial charge in [-0.05, 0) is 38.1 Å². The first-order chi connectivity index (χ1) is 14.9. The number of benzene rings is 2. The lowest BCUT2D eigenvalue weighted by Crippen LogP contribution is -2.23. The van der Waals surface area contributed by atoms with Gasteiger partial charge in [0.2, 0.25) is 17.7 Å². The molecule has 4 rings (SSSR count). The summed E-state index contributed by atoms with van der Waals surface area (Å²) in [4.78, 5) is 25.4. The Morgan fingerprint density at radius 2 is 1.74 bits per heavy atom. The summed E-state index contributed by atoms with van der Waals surface area (Å²) < 4.78 is 8.91. The number of aryl methyl sites for hydroxylation is 2. The molecule has 2 aromatic heterocycles. The van der Waals surface area contributed by atoms with E-state index in [0.717, 1.165) is 16.8 Å². The Morgan fingerprint density at radius 1 is 1.03 bits per heavy atom. The van der Waals surface area contributed by atoms with Crippen molar-refractivity contribution in [1.29, 1.82) is 0 Å². The van der Waals surface area contributed by atoms with Crippen LogP contribution < -0.4 is 10.9 Å². The average Bonchev–Trinajstić information content (AvgIpc) is 3.33. The molecule has 8 nitrogen and oxygen atoms in total. The summed E-state index contributed by atoms with van der Waals surface area (Å²) in [5.74, 6) is 0.498. The van der Waals surface area contributed by atoms with Gasteiger partial charge in [-0.1, -0.05) is 35.9 Å². The van der Waals surface area contributed by atoms with Crippen LogP contribution in [0.25, 0.3) is 17.1 Å². The van der Waals surface area contributed by atoms with Gasteiger partial charge in [0, 0.05) is 25.5 Å². The highest BCUT2D eigenvalue weighted by Crippen LogP contribution is 2.19. The van der Waals surface area contributed by atoms with Crippen molar-refractivity contribution >= 4 is 11.6 Å². The van der Waals surface area contributed by atoms with Crippen molar-refractivity contribution in [3.05, 3.63) is 82.1 Å². The van der Waals surface area contributed by atoms with Crippen LogP contribution in [-0.4, -0.2) is 25.5 Å². The van der Waals surface area contributed by atoms with Crippen molar-refractivity contribution in [2.24, 2.45) is 7.05 Å². The van der Waals surface area contributed by atoms with Gasteiger partial charge in [0.1, 0.15) is 5.69 Å². The normalized spacial score (nSPS) is 10.9. The quantitative estimate of drug-likeness (QED) is 0.519. The Morgan fingerprint density at radius 3 is 2.45 bits per heavy atom. The molecule has 0 saturated heterocycles. The van der Waals surface area contributed by atoms with E-state index in [0.29, 0.717) is 17.5 Å². The van der Waals surface area contributed by atoms with Gasteiger partial charge in [-0.2, -0.15) is 0 Å². The van der Waals surface area contributed by atoms with Crippen LogP contribution >= 0.6 is 0 Å². The molecule has 0 aliphatic rings. The van der Waals surface area contributed by atoms with Crippen LogP contribution in [0.15, 0.2) is 63.8 Å². The van der Waals surface area contributed by atoms with Gasteiger partial charge in [0.15, 0.2) is 0 Å². The van der Waals surface area contributed by atoms with Crippen molar-refractivity contribution in [3.63, 3.8) is 0 Å². The number of carbonyl (C=O) groups excluding carboxylic acids is 1. The lowest BCUT2D eigenvalue weighted by Gasteiger charge is -2.07. The maximum atomic E-state index is 12.9. The molecular formula is C23H23N5O3. The summed E-state index contributed by atoms with van der Waals surface area (Å²) in [6.45, 7) is 3.80. The average molecular weight is 417 g/mol. The molecule has 0 spiro atoms. The number of rotatable bonds is 6. The molecule has 4 aromatic rings. The molecule has 8 heteroatoms. The Labute approximate surface area is 179 Å². The van der Waals surface area contributed by atoms with Gasteiger partial charge < -0.3 is 9.73 Å². The number of hydrogen-bond donors (Lipinski definition) is 1. The van der Waals surface area contributed by atoms with Crippen molar-refractivity contribution in [2.75, 3.05) is 5.32 Å². The predicted octanol–water partition coefficient (Wildman–Crippen LogP) is 3.41. The molecule has 2 heterocycles. The van der Waals surface area contributed by atoms with Crippen LogP contribution in [-0.2, 0) is 18.3 Å². The molecule has 0 aliphatic carbocycles. The van der Waals surface area contributed by atoms with Crippen molar-refractivity contribution in [2.45, 2.75) is 26.7 Å². The lowest BCUT2D eigenvalue weighted by molar-refractivity contribution is -0.116. The van der Waals surface area contributed by atoms with E-state index in [-0.39, 0.29) is 30.0 Å². The first kappa shape index (κ1) is 20.3. The lowest BCUT2D eigenvalue weighted by atomic mass is 10.1. The first-order valence-corrected chi connectivity index (χ1v) is 9.97. The summed E-state index contributed by atoms with van der Waals surface area (Å²) in [7, 11) is 1.78. The molecule has 0 aliphatic heterocycles. The van der Waals surface area contributed by atoms with Gasteiger partial charge in [-0.3, -0.25) is 14.3 Å². The minimum atomic E-state index is -0.291. The molecule has 0 bridgehead atoms. The predicted molar refractivity (Wildman–Crippen MR) is 117 cm³/mol. The van der Waals surface area contributed by atoms with Crippen molar-refractivity contribution in [3.8, 4) is 17.1 Å². The molecule has 31 heavy (non-hydrogen) atoms. The number of aromatic nitrogens is 4. The highest BCUT2D eigenvalue weighted by Gasteiger charge is 2.18. The number of para-hydroxylation sites is 1. The zero-order valence-electron chi connectivity index (χ0n) is 17.6. The van der Waals surface area contributed by atoms with Crippen LogP contribution in [0, 0.1) is 13.8 Å². The first-order valence-electron chi connectivity index (χ1n) is 9.97. The third kappa shape index (κ3) is 4.18. The zero-order valence-corrected chi connectivity index (χ0v) is 17.6. The molecule has 158 valence electrons. The second kappa shape index (κ2) is 8.43. The summed E-state index contributed by atoms with van der Waals surface area (Å²) >= 11 is 0. The summed E-state index contributed by atoms with van der Waals surface area (Å²) in [5, 5.41) is 10.8. The third-order valence-corrected chi connectivity index (χ3v) is 5.15. The standard InChI is InChI=1S/C23H23N5O3/c1-15-9-11-17(12-10-15)22-26-25-20(31-22)14-13-19(29)24-21-16(2)27(3)28(23(21)30)18-7-5-4-6-8-18/h4-12H,13-14H2,1-3H3,(H,24,29). The molecule has 0 atom stereocenters. The fourth-order valence-electron chi connectivity index (χ4n) is 3.30. The molecule has 0 fully saturated rings. The molecule has 0 unspecified atom stereocenters. The maximum Gasteiger partial charge on any atom is 0.295 e.